The number of nitrogens with zero attached hydrogens (tertiary/aromatic N) is 3. The van der Waals surface area contributed by atoms with Crippen molar-refractivity contribution < 1.29 is 9.34 Å². The van der Waals surface area contributed by atoms with E-state index in [1.54, 1.807) is 17.5 Å². The van der Waals surface area contributed by atoms with Crippen molar-refractivity contribution in [1.29, 1.82) is 0 Å². The van der Waals surface area contributed by atoms with Crippen LogP contribution in [-0.4, -0.2) is 22.4 Å². The topological polar surface area (TPSA) is 158 Å². The van der Waals surface area contributed by atoms with Crippen LogP contribution >= 0.6 is 11.3 Å². The minimum atomic E-state index is -0.583. The number of terminal acetylenes is 1. The average molecular weight is 361 g/mol. The third kappa shape index (κ3) is 5.56. The Morgan fingerprint density at radius 2 is 2.32 bits per heavy atom. The van der Waals surface area contributed by atoms with Gasteiger partial charge in [-0.3, -0.25) is 10.1 Å². The molecule has 0 fully saturated rings. The number of nitrogens with two attached hydrogens (primary N) is 2. The lowest BCUT2D eigenvalue weighted by atomic mass is 10.3. The summed E-state index contributed by atoms with van der Waals surface area (Å²) < 4.78 is 5.65. The van der Waals surface area contributed by atoms with Crippen molar-refractivity contribution in [2.45, 2.75) is 6.54 Å². The molecule has 11 heteroatoms. The average Bonchev–Trinajstić information content (AvgIpc) is 3.18. The minimum Gasteiger partial charge on any atom is -0.458 e. The van der Waals surface area contributed by atoms with Gasteiger partial charge in [0.05, 0.1) is 18.0 Å². The summed E-state index contributed by atoms with van der Waals surface area (Å²) in [6.07, 6.45) is 5.92. The number of thiazole rings is 1. The first-order valence-electron chi connectivity index (χ1n) is 6.88. The Labute approximate surface area is 146 Å². The van der Waals surface area contributed by atoms with Crippen LogP contribution in [0.3, 0.4) is 0 Å². The van der Waals surface area contributed by atoms with Gasteiger partial charge < -0.3 is 26.5 Å². The number of rotatable bonds is 8. The first-order valence-corrected chi connectivity index (χ1v) is 7.76. The van der Waals surface area contributed by atoms with Gasteiger partial charge in [0.15, 0.2) is 17.5 Å². The molecule has 0 bridgehead atoms. The van der Waals surface area contributed by atoms with Crippen LogP contribution < -0.4 is 22.1 Å². The number of furan rings is 1. The molecule has 25 heavy (non-hydrogen) atoms. The van der Waals surface area contributed by atoms with Crippen LogP contribution in [0, 0.1) is 22.5 Å². The fraction of sp³-hybridized carbons (Fsp3) is 0.143. The monoisotopic (exact) mass is 361 g/mol. The van der Waals surface area contributed by atoms with Gasteiger partial charge in [-0.15, -0.1) is 17.8 Å². The maximum atomic E-state index is 10.6. The maximum absolute atomic E-state index is 10.6. The molecular weight excluding hydrogens is 346 g/mol. The van der Waals surface area contributed by atoms with Crippen molar-refractivity contribution >= 4 is 22.4 Å². The molecule has 130 valence electrons. The number of hydrogen-bond donors (Lipinski definition) is 4. The van der Waals surface area contributed by atoms with E-state index in [1.807, 2.05) is 0 Å². The molecule has 0 aliphatic carbocycles. The summed E-state index contributed by atoms with van der Waals surface area (Å²) in [5.74, 6) is 3.54. The summed E-state index contributed by atoms with van der Waals surface area (Å²) in [6.45, 7) is 0.380. The molecule has 0 amide bonds. The number of nitrogens with one attached hydrogen (secondary N) is 2. The SMILES string of the molecule is C#CCNC(=C[N+](=O)[O-])NCc1ccc(-c2csc(N=C(N)N)n2)o1. The first-order chi connectivity index (χ1) is 12.0. The van der Waals surface area contributed by atoms with E-state index in [0.717, 1.165) is 6.20 Å². The van der Waals surface area contributed by atoms with E-state index in [1.165, 1.54) is 11.3 Å². The molecule has 2 heterocycles. The zero-order valence-electron chi connectivity index (χ0n) is 12.9. The molecule has 0 radical (unpaired) electrons. The minimum absolute atomic E-state index is 0.0743. The molecule has 2 rings (SSSR count). The third-order valence-corrected chi connectivity index (χ3v) is 3.43. The molecule has 0 aromatic carbocycles. The summed E-state index contributed by atoms with van der Waals surface area (Å²) in [7, 11) is 0. The molecule has 6 N–H and O–H groups in total. The van der Waals surface area contributed by atoms with Crippen molar-refractivity contribution in [3.05, 3.63) is 45.4 Å². The normalized spacial score (nSPS) is 10.8. The van der Waals surface area contributed by atoms with E-state index in [-0.39, 0.29) is 24.9 Å². The van der Waals surface area contributed by atoms with Gasteiger partial charge in [0.25, 0.3) is 6.20 Å². The van der Waals surface area contributed by atoms with Gasteiger partial charge in [0.1, 0.15) is 11.5 Å². The molecule has 0 aliphatic heterocycles. The highest BCUT2D eigenvalue weighted by atomic mass is 32.1. The summed E-state index contributed by atoms with van der Waals surface area (Å²) >= 11 is 1.27. The van der Waals surface area contributed by atoms with E-state index in [0.29, 0.717) is 22.3 Å². The van der Waals surface area contributed by atoms with Gasteiger partial charge in [0, 0.05) is 5.38 Å². The number of aromatic nitrogens is 1. The van der Waals surface area contributed by atoms with Crippen molar-refractivity contribution in [2.24, 2.45) is 16.5 Å². The highest BCUT2D eigenvalue weighted by Crippen LogP contribution is 2.27. The van der Waals surface area contributed by atoms with Gasteiger partial charge in [-0.1, -0.05) is 5.92 Å². The summed E-state index contributed by atoms with van der Waals surface area (Å²) in [5.41, 5.74) is 11.2. The molecule has 0 spiro atoms. The van der Waals surface area contributed by atoms with Gasteiger partial charge in [-0.05, 0) is 12.1 Å². The Morgan fingerprint density at radius 3 is 3.00 bits per heavy atom. The third-order valence-electron chi connectivity index (χ3n) is 2.70. The first kappa shape index (κ1) is 17.8. The highest BCUT2D eigenvalue weighted by molar-refractivity contribution is 7.13. The number of guanidine groups is 1. The predicted octanol–water partition coefficient (Wildman–Crippen LogP) is 0.696. The fourth-order valence-corrected chi connectivity index (χ4v) is 2.43. The second kappa shape index (κ2) is 8.37. The van der Waals surface area contributed by atoms with E-state index >= 15 is 0 Å². The largest absolute Gasteiger partial charge is 0.458 e. The smallest absolute Gasteiger partial charge is 0.274 e. The second-order valence-electron chi connectivity index (χ2n) is 4.56. The Morgan fingerprint density at radius 1 is 1.52 bits per heavy atom. The van der Waals surface area contributed by atoms with Crippen LogP contribution in [-0.2, 0) is 6.54 Å². The van der Waals surface area contributed by atoms with Crippen LogP contribution in [0.4, 0.5) is 5.13 Å². The standard InChI is InChI=1S/C14H15N7O3S/c1-2-5-17-12(7-21(22)23)18-6-9-3-4-11(24-9)10-8-25-14(19-10)20-13(15)16/h1,3-4,7-8,17-18H,5-6H2,(H4,15,16,19,20). The molecular formula is C14H15N7O3S. The molecule has 0 saturated carbocycles. The summed E-state index contributed by atoms with van der Waals surface area (Å²) in [4.78, 5) is 18.1. The van der Waals surface area contributed by atoms with Gasteiger partial charge >= 0.3 is 0 Å². The summed E-state index contributed by atoms with van der Waals surface area (Å²) in [6, 6.07) is 3.46. The van der Waals surface area contributed by atoms with E-state index in [9.17, 15) is 10.1 Å². The van der Waals surface area contributed by atoms with Crippen molar-refractivity contribution in [2.75, 3.05) is 6.54 Å². The lowest BCUT2D eigenvalue weighted by molar-refractivity contribution is -0.404. The fourth-order valence-electron chi connectivity index (χ4n) is 1.74. The quantitative estimate of drug-likeness (QED) is 0.176. The zero-order chi connectivity index (χ0) is 18.2. The highest BCUT2D eigenvalue weighted by Gasteiger charge is 2.10. The van der Waals surface area contributed by atoms with Gasteiger partial charge in [-0.25, -0.2) is 4.98 Å². The van der Waals surface area contributed by atoms with Gasteiger partial charge in [-0.2, -0.15) is 4.99 Å². The van der Waals surface area contributed by atoms with E-state index < -0.39 is 4.92 Å². The predicted molar refractivity (Wildman–Crippen MR) is 94.0 cm³/mol. The molecule has 2 aromatic rings. The van der Waals surface area contributed by atoms with Crippen molar-refractivity contribution in [1.82, 2.24) is 15.6 Å². The number of aliphatic imine (C=N–C) groups is 1. The van der Waals surface area contributed by atoms with E-state index in [4.69, 9.17) is 22.3 Å². The number of nitro groups is 1. The molecule has 0 unspecified atom stereocenters. The van der Waals surface area contributed by atoms with Crippen molar-refractivity contribution in [3.8, 4) is 23.8 Å². The second-order valence-corrected chi connectivity index (χ2v) is 5.39. The van der Waals surface area contributed by atoms with Crippen LogP contribution in [0.5, 0.6) is 0 Å². The molecule has 0 aliphatic rings. The Balaban J connectivity index is 2.03. The van der Waals surface area contributed by atoms with Gasteiger partial charge in [0.2, 0.25) is 5.13 Å². The van der Waals surface area contributed by atoms with Crippen LogP contribution in [0.25, 0.3) is 11.5 Å². The van der Waals surface area contributed by atoms with Crippen molar-refractivity contribution in [3.63, 3.8) is 0 Å². The lowest BCUT2D eigenvalue weighted by Gasteiger charge is -2.07. The Bertz CT molecular complexity index is 843. The lowest BCUT2D eigenvalue weighted by Crippen LogP contribution is -2.27. The van der Waals surface area contributed by atoms with Crippen LogP contribution in [0.1, 0.15) is 5.76 Å². The molecule has 10 nitrogen and oxygen atoms in total. The summed E-state index contributed by atoms with van der Waals surface area (Å²) in [5, 5.41) is 18.3. The molecule has 0 atom stereocenters. The number of hydrogen-bond acceptors (Lipinski definition) is 8. The van der Waals surface area contributed by atoms with Crippen LogP contribution in [0.15, 0.2) is 38.9 Å². The van der Waals surface area contributed by atoms with Crippen LogP contribution in [0.2, 0.25) is 0 Å². The maximum Gasteiger partial charge on any atom is 0.274 e. The zero-order valence-corrected chi connectivity index (χ0v) is 13.7. The Hall–Kier alpha value is -3.52. The Kier molecular flexibility index (Phi) is 5.97. The van der Waals surface area contributed by atoms with E-state index in [2.05, 4.69) is 26.5 Å². The molecule has 0 saturated heterocycles. The molecule has 2 aromatic heterocycles.